The Morgan fingerprint density at radius 3 is 2.59 bits per heavy atom. The van der Waals surface area contributed by atoms with Gasteiger partial charge in [-0.05, 0) is 53.8 Å². The molecule has 0 aliphatic heterocycles. The molecule has 118 valence electrons. The Kier molecular flexibility index (Phi) is 7.25. The molecule has 0 spiro atoms. The molecule has 0 saturated carbocycles. The molecule has 0 fully saturated rings. The lowest BCUT2D eigenvalue weighted by Crippen LogP contribution is -1.95. The van der Waals surface area contributed by atoms with Crippen LogP contribution < -0.4 is 4.74 Å². The molecule has 4 heteroatoms. The summed E-state index contributed by atoms with van der Waals surface area (Å²) in [5.41, 5.74) is 3.64. The third kappa shape index (κ3) is 5.02. The summed E-state index contributed by atoms with van der Waals surface area (Å²) in [7, 11) is 0.0905. The molecule has 0 atom stereocenters. The van der Waals surface area contributed by atoms with E-state index in [9.17, 15) is 5.11 Å². The van der Waals surface area contributed by atoms with Crippen molar-refractivity contribution in [2.45, 2.75) is 32.2 Å². The molecule has 2 nitrogen and oxygen atoms in total. The van der Waals surface area contributed by atoms with Crippen LogP contribution in [0.25, 0.3) is 11.1 Å². The number of benzene rings is 2. The van der Waals surface area contributed by atoms with Crippen molar-refractivity contribution in [2.75, 3.05) is 6.61 Å². The highest BCUT2D eigenvalue weighted by Gasteiger charge is 2.07. The summed E-state index contributed by atoms with van der Waals surface area (Å²) < 4.78 is 5.64. The Hall–Kier alpha value is -1.01. The normalized spacial score (nSPS) is 11.2. The molecule has 0 saturated heterocycles. The number of phenolic OH excluding ortho intramolecular Hbond substituents is 1. The van der Waals surface area contributed by atoms with Gasteiger partial charge >= 0.3 is 0 Å². The van der Waals surface area contributed by atoms with Crippen molar-refractivity contribution in [2.24, 2.45) is 0 Å². The number of hydrogen-bond acceptors (Lipinski definition) is 2. The summed E-state index contributed by atoms with van der Waals surface area (Å²) in [5, 5.41) is 9.77. The Morgan fingerprint density at radius 2 is 1.91 bits per heavy atom. The smallest absolute Gasteiger partial charge is 0.119 e. The van der Waals surface area contributed by atoms with Crippen molar-refractivity contribution in [3.8, 4) is 22.6 Å². The van der Waals surface area contributed by atoms with Gasteiger partial charge in [-0.15, -0.1) is 21.8 Å². The van der Waals surface area contributed by atoms with Gasteiger partial charge in [-0.25, -0.2) is 0 Å². The minimum atomic E-state index is 0.0905. The van der Waals surface area contributed by atoms with E-state index in [0.717, 1.165) is 25.2 Å². The van der Waals surface area contributed by atoms with Crippen LogP contribution in [0.4, 0.5) is 0 Å². The van der Waals surface area contributed by atoms with Crippen molar-refractivity contribution in [3.05, 3.63) is 48.0 Å². The van der Waals surface area contributed by atoms with E-state index in [1.165, 1.54) is 29.2 Å². The van der Waals surface area contributed by atoms with Crippen LogP contribution in [0, 0.1) is 0 Å². The lowest BCUT2D eigenvalue weighted by molar-refractivity contribution is 0.317. The average Bonchev–Trinajstić information content (AvgIpc) is 2.54. The van der Waals surface area contributed by atoms with Crippen molar-refractivity contribution in [1.29, 1.82) is 0 Å². The first-order valence-corrected chi connectivity index (χ1v) is 14.0. The molecule has 22 heavy (non-hydrogen) atoms. The molecular formula is C18H23IO2Si. The molecule has 2 aromatic rings. The topological polar surface area (TPSA) is 29.5 Å². The average molecular weight is 426 g/mol. The zero-order chi connectivity index (χ0) is 15.8. The Bertz CT molecular complexity index is 584. The SMILES string of the molecule is CCCOc1ccc(-c2ccc(O)cc2CCC[SiH2]I)cc1. The zero-order valence-electron chi connectivity index (χ0n) is 13.0. The van der Waals surface area contributed by atoms with Gasteiger partial charge in [-0.2, -0.15) is 0 Å². The van der Waals surface area contributed by atoms with Gasteiger partial charge in [0.1, 0.15) is 11.5 Å². The Balaban J connectivity index is 2.19. The van der Waals surface area contributed by atoms with Gasteiger partial charge in [0, 0.05) is 0 Å². The van der Waals surface area contributed by atoms with E-state index in [1.807, 2.05) is 24.3 Å². The van der Waals surface area contributed by atoms with E-state index < -0.39 is 0 Å². The number of halogens is 1. The molecule has 0 aromatic heterocycles. The first-order valence-electron chi connectivity index (χ1n) is 7.85. The summed E-state index contributed by atoms with van der Waals surface area (Å²) in [4.78, 5) is 0. The maximum Gasteiger partial charge on any atom is 0.119 e. The van der Waals surface area contributed by atoms with E-state index in [1.54, 1.807) is 6.07 Å². The number of aromatic hydroxyl groups is 1. The monoisotopic (exact) mass is 426 g/mol. The van der Waals surface area contributed by atoms with Crippen LogP contribution >= 0.6 is 21.8 Å². The van der Waals surface area contributed by atoms with Crippen molar-refractivity contribution in [3.63, 3.8) is 0 Å². The largest absolute Gasteiger partial charge is 0.508 e. The predicted molar refractivity (Wildman–Crippen MR) is 105 cm³/mol. The van der Waals surface area contributed by atoms with Gasteiger partial charge in [0.05, 0.1) is 13.6 Å². The van der Waals surface area contributed by atoms with Crippen molar-refractivity contribution < 1.29 is 9.84 Å². The van der Waals surface area contributed by atoms with E-state index in [0.29, 0.717) is 5.75 Å². The van der Waals surface area contributed by atoms with E-state index in [-0.39, 0.29) is 7.02 Å². The molecular weight excluding hydrogens is 403 g/mol. The van der Waals surface area contributed by atoms with Gasteiger partial charge in [0.25, 0.3) is 0 Å². The summed E-state index contributed by atoms with van der Waals surface area (Å²) in [5.74, 6) is 1.27. The van der Waals surface area contributed by atoms with Crippen molar-refractivity contribution >= 4 is 28.8 Å². The molecule has 0 amide bonds. The fourth-order valence-electron chi connectivity index (χ4n) is 2.43. The predicted octanol–water partition coefficient (Wildman–Crippen LogP) is 4.72. The molecule has 2 aromatic carbocycles. The highest BCUT2D eigenvalue weighted by atomic mass is 127. The van der Waals surface area contributed by atoms with Crippen LogP contribution in [0.15, 0.2) is 42.5 Å². The number of hydrogen-bond donors (Lipinski definition) is 1. The lowest BCUT2D eigenvalue weighted by Gasteiger charge is -2.11. The highest BCUT2D eigenvalue weighted by molar-refractivity contribution is 14.1. The second-order valence-electron chi connectivity index (χ2n) is 5.36. The van der Waals surface area contributed by atoms with Crippen LogP contribution in [-0.4, -0.2) is 18.7 Å². The van der Waals surface area contributed by atoms with Crippen LogP contribution in [0.5, 0.6) is 11.5 Å². The second kappa shape index (κ2) is 9.20. The van der Waals surface area contributed by atoms with Crippen LogP contribution in [0.2, 0.25) is 6.04 Å². The molecule has 0 bridgehead atoms. The summed E-state index contributed by atoms with van der Waals surface area (Å²) in [6, 6.07) is 15.3. The van der Waals surface area contributed by atoms with Gasteiger partial charge in [0.15, 0.2) is 0 Å². The van der Waals surface area contributed by atoms with Crippen LogP contribution in [0.3, 0.4) is 0 Å². The number of ether oxygens (including phenoxy) is 1. The number of rotatable bonds is 8. The molecule has 0 unspecified atom stereocenters. The fourth-order valence-corrected chi connectivity index (χ4v) is 4.49. The van der Waals surface area contributed by atoms with Crippen LogP contribution in [0.1, 0.15) is 25.3 Å². The third-order valence-corrected chi connectivity index (χ3v) is 6.61. The van der Waals surface area contributed by atoms with Gasteiger partial charge < -0.3 is 9.84 Å². The zero-order valence-corrected chi connectivity index (χ0v) is 16.6. The minimum Gasteiger partial charge on any atom is -0.508 e. The first-order chi connectivity index (χ1) is 10.7. The van der Waals surface area contributed by atoms with Crippen molar-refractivity contribution in [1.82, 2.24) is 0 Å². The lowest BCUT2D eigenvalue weighted by atomic mass is 9.96. The second-order valence-corrected chi connectivity index (χ2v) is 9.68. The molecule has 2 rings (SSSR count). The Morgan fingerprint density at radius 1 is 1.14 bits per heavy atom. The highest BCUT2D eigenvalue weighted by Crippen LogP contribution is 2.29. The molecule has 0 aliphatic carbocycles. The van der Waals surface area contributed by atoms with Crippen LogP contribution in [-0.2, 0) is 6.42 Å². The first kappa shape index (κ1) is 17.3. The molecule has 1 N–H and O–H groups in total. The van der Waals surface area contributed by atoms with E-state index in [4.69, 9.17) is 4.74 Å². The number of aryl methyl sites for hydroxylation is 1. The Labute approximate surface area is 147 Å². The molecule has 0 aliphatic rings. The number of phenols is 1. The van der Waals surface area contributed by atoms with Gasteiger partial charge in [-0.1, -0.05) is 37.6 Å². The summed E-state index contributed by atoms with van der Waals surface area (Å²) in [6.45, 7) is 2.86. The fraction of sp³-hybridized carbons (Fsp3) is 0.333. The maximum absolute atomic E-state index is 9.77. The maximum atomic E-state index is 9.77. The molecule has 0 radical (unpaired) electrons. The molecule has 0 heterocycles. The quantitative estimate of drug-likeness (QED) is 0.287. The van der Waals surface area contributed by atoms with E-state index >= 15 is 0 Å². The van der Waals surface area contributed by atoms with Gasteiger partial charge in [0.2, 0.25) is 0 Å². The van der Waals surface area contributed by atoms with E-state index in [2.05, 4.69) is 40.9 Å². The summed E-state index contributed by atoms with van der Waals surface area (Å²) in [6.07, 6.45) is 3.26. The van der Waals surface area contributed by atoms with Gasteiger partial charge in [-0.3, -0.25) is 0 Å². The third-order valence-electron chi connectivity index (χ3n) is 3.56. The minimum absolute atomic E-state index is 0.0905. The standard InChI is InChI=1S/C18H23IO2Si/c1-2-11-21-17-8-5-14(6-9-17)18-10-7-16(20)13-15(18)4-3-12-22-19/h5-10,13,20H,2-4,11-12,22H2,1H3. The summed E-state index contributed by atoms with van der Waals surface area (Å²) >= 11 is 2.55.